The second-order valence-corrected chi connectivity index (χ2v) is 12.7. The minimum Gasteiger partial charge on any atom is -0.456 e. The molecule has 5 rings (SSSR count). The zero-order chi connectivity index (χ0) is 29.4. The van der Waals surface area contributed by atoms with Gasteiger partial charge in [-0.1, -0.05) is 30.3 Å². The van der Waals surface area contributed by atoms with Crippen LogP contribution in [0.15, 0.2) is 42.5 Å². The number of halogens is 3. The van der Waals surface area contributed by atoms with Crippen molar-refractivity contribution in [1.82, 2.24) is 4.90 Å². The minimum absolute atomic E-state index is 0.232. The molecule has 0 aromatic heterocycles. The Hall–Kier alpha value is -3.19. The highest BCUT2D eigenvalue weighted by molar-refractivity contribution is 7.85. The number of hydrogen-bond acceptors (Lipinski definition) is 7. The summed E-state index contributed by atoms with van der Waals surface area (Å²) in [4.78, 5) is 41.5. The third kappa shape index (κ3) is 4.62. The number of rotatable bonds is 7. The van der Waals surface area contributed by atoms with Crippen LogP contribution in [0.5, 0.6) is 0 Å². The zero-order valence-corrected chi connectivity index (χ0v) is 22.6. The largest absolute Gasteiger partial charge is 0.456 e. The van der Waals surface area contributed by atoms with Crippen LogP contribution in [0.1, 0.15) is 37.6 Å². The van der Waals surface area contributed by atoms with Crippen molar-refractivity contribution in [3.63, 3.8) is 0 Å². The van der Waals surface area contributed by atoms with Crippen LogP contribution in [-0.4, -0.2) is 71.4 Å². The SMILES string of the molecule is CC(C)N1C(=O)C2C3CC(C(OC(=O)c4ccc5ccccc5c4)C31)C2C(=O)OC(C)(CS(=O)(=O)O)C(F)(F)F. The van der Waals surface area contributed by atoms with Crippen LogP contribution in [0.25, 0.3) is 10.8 Å². The molecule has 0 radical (unpaired) electrons. The van der Waals surface area contributed by atoms with E-state index in [1.165, 1.54) is 4.90 Å². The molecular formula is C27H28F3NO8S. The molecule has 1 saturated heterocycles. The second-order valence-electron chi connectivity index (χ2n) is 11.3. The first kappa shape index (κ1) is 28.3. The molecule has 7 unspecified atom stereocenters. The predicted octanol–water partition coefficient (Wildman–Crippen LogP) is 3.62. The molecule has 2 bridgehead atoms. The summed E-state index contributed by atoms with van der Waals surface area (Å²) >= 11 is 0. The molecular weight excluding hydrogens is 555 g/mol. The average molecular weight is 584 g/mol. The lowest BCUT2D eigenvalue weighted by molar-refractivity contribution is -0.259. The Labute approximate surface area is 228 Å². The van der Waals surface area contributed by atoms with Crippen molar-refractivity contribution in [2.75, 3.05) is 5.75 Å². The molecule has 2 aromatic carbocycles. The molecule has 1 N–H and O–H groups in total. The second kappa shape index (κ2) is 9.44. The number of carbonyl (C=O) groups excluding carboxylic acids is 3. The van der Waals surface area contributed by atoms with Crippen molar-refractivity contribution in [3.8, 4) is 0 Å². The normalized spacial score (nSPS) is 29.2. The highest BCUT2D eigenvalue weighted by Gasteiger charge is 2.72. The third-order valence-electron chi connectivity index (χ3n) is 8.35. The molecule has 1 amide bonds. The van der Waals surface area contributed by atoms with Crippen LogP contribution in [0.3, 0.4) is 0 Å². The van der Waals surface area contributed by atoms with Gasteiger partial charge in [0.25, 0.3) is 10.1 Å². The van der Waals surface area contributed by atoms with E-state index in [2.05, 4.69) is 0 Å². The van der Waals surface area contributed by atoms with Crippen molar-refractivity contribution in [2.45, 2.75) is 57.2 Å². The summed E-state index contributed by atoms with van der Waals surface area (Å²) in [5.41, 5.74) is -3.33. The summed E-state index contributed by atoms with van der Waals surface area (Å²) in [5.74, 6) is -8.18. The highest BCUT2D eigenvalue weighted by Crippen LogP contribution is 2.60. The number of likely N-dealkylation sites (tertiary alicyclic amines) is 1. The molecule has 0 spiro atoms. The summed E-state index contributed by atoms with van der Waals surface area (Å²) < 4.78 is 84.1. The molecule has 1 heterocycles. The van der Waals surface area contributed by atoms with Gasteiger partial charge in [0, 0.05) is 12.0 Å². The van der Waals surface area contributed by atoms with E-state index in [1.54, 1.807) is 32.0 Å². The fraction of sp³-hybridized carbons (Fsp3) is 0.519. The molecule has 9 nitrogen and oxygen atoms in total. The van der Waals surface area contributed by atoms with Crippen LogP contribution in [0, 0.1) is 23.7 Å². The van der Waals surface area contributed by atoms with Gasteiger partial charge < -0.3 is 14.4 Å². The van der Waals surface area contributed by atoms with Gasteiger partial charge in [0.15, 0.2) is 0 Å². The molecule has 13 heteroatoms. The number of carbonyl (C=O) groups is 3. The Morgan fingerprint density at radius 2 is 1.75 bits per heavy atom. The van der Waals surface area contributed by atoms with Gasteiger partial charge in [-0.2, -0.15) is 21.6 Å². The van der Waals surface area contributed by atoms with E-state index in [4.69, 9.17) is 14.0 Å². The van der Waals surface area contributed by atoms with Crippen molar-refractivity contribution < 1.29 is 50.0 Å². The fourth-order valence-electron chi connectivity index (χ4n) is 6.74. The van der Waals surface area contributed by atoms with Gasteiger partial charge in [0.1, 0.15) is 11.9 Å². The number of ether oxygens (including phenoxy) is 2. The quantitative estimate of drug-likeness (QED) is 0.387. The van der Waals surface area contributed by atoms with E-state index in [-0.39, 0.29) is 18.0 Å². The van der Waals surface area contributed by atoms with Crippen molar-refractivity contribution in [2.24, 2.45) is 23.7 Å². The molecule has 1 aliphatic heterocycles. The van der Waals surface area contributed by atoms with E-state index >= 15 is 0 Å². The summed E-state index contributed by atoms with van der Waals surface area (Å²) in [7, 11) is -5.20. The lowest BCUT2D eigenvalue weighted by Crippen LogP contribution is -2.54. The number of fused-ring (bicyclic) bond motifs is 2. The van der Waals surface area contributed by atoms with Gasteiger partial charge in [-0.15, -0.1) is 0 Å². The summed E-state index contributed by atoms with van der Waals surface area (Å²) in [6, 6.07) is 11.4. The lowest BCUT2D eigenvalue weighted by Gasteiger charge is -2.37. The summed E-state index contributed by atoms with van der Waals surface area (Å²) in [6.45, 7) is 3.85. The Kier molecular flexibility index (Phi) is 6.69. The van der Waals surface area contributed by atoms with Gasteiger partial charge in [0.2, 0.25) is 11.5 Å². The first-order valence-corrected chi connectivity index (χ1v) is 14.4. The van der Waals surface area contributed by atoms with Crippen LogP contribution in [0.2, 0.25) is 0 Å². The first-order chi connectivity index (χ1) is 18.5. The van der Waals surface area contributed by atoms with Gasteiger partial charge in [-0.05, 0) is 56.0 Å². The standard InChI is InChI=1S/C27H28F3NO8S/c1-13(2)31-21-17-11-18(22(21)38-24(33)16-9-8-14-6-4-5-7-15(14)10-16)20(19(17)23(31)32)25(34)39-26(3,27(28,29)30)12-40(35,36)37/h4-10,13,17-22H,11-12H2,1-3H3,(H,35,36,37). The number of benzene rings is 2. The van der Waals surface area contributed by atoms with Crippen molar-refractivity contribution in [1.29, 1.82) is 0 Å². The van der Waals surface area contributed by atoms with Gasteiger partial charge in [-0.3, -0.25) is 14.1 Å². The summed E-state index contributed by atoms with van der Waals surface area (Å²) in [6.07, 6.45) is -6.10. The van der Waals surface area contributed by atoms with Crippen molar-refractivity contribution >= 4 is 38.7 Å². The molecule has 2 aliphatic carbocycles. The topological polar surface area (TPSA) is 127 Å². The van der Waals surface area contributed by atoms with E-state index in [9.17, 15) is 36.0 Å². The molecule has 2 saturated carbocycles. The maximum absolute atomic E-state index is 13.9. The summed E-state index contributed by atoms with van der Waals surface area (Å²) in [5, 5.41) is 1.69. The monoisotopic (exact) mass is 583 g/mol. The first-order valence-electron chi connectivity index (χ1n) is 12.8. The smallest absolute Gasteiger partial charge is 0.429 e. The average Bonchev–Trinajstić information content (AvgIpc) is 3.44. The molecule has 216 valence electrons. The number of amides is 1. The van der Waals surface area contributed by atoms with E-state index in [1.807, 2.05) is 24.3 Å². The van der Waals surface area contributed by atoms with E-state index < -0.39 is 81.3 Å². The highest BCUT2D eigenvalue weighted by atomic mass is 32.2. The van der Waals surface area contributed by atoms with Crippen LogP contribution < -0.4 is 0 Å². The maximum Gasteiger partial charge on any atom is 0.429 e. The van der Waals surface area contributed by atoms with Gasteiger partial charge >= 0.3 is 18.1 Å². The third-order valence-corrected chi connectivity index (χ3v) is 9.27. The molecule has 2 aromatic rings. The fourth-order valence-corrected chi connectivity index (χ4v) is 7.66. The van der Waals surface area contributed by atoms with Gasteiger partial charge in [0.05, 0.1) is 23.4 Å². The Balaban J connectivity index is 1.47. The molecule has 40 heavy (non-hydrogen) atoms. The van der Waals surface area contributed by atoms with Crippen LogP contribution in [0.4, 0.5) is 13.2 Å². The van der Waals surface area contributed by atoms with Gasteiger partial charge in [-0.25, -0.2) is 4.79 Å². The number of hydrogen-bond donors (Lipinski definition) is 1. The number of nitrogens with zero attached hydrogens (tertiary/aromatic N) is 1. The predicted molar refractivity (Wildman–Crippen MR) is 134 cm³/mol. The Morgan fingerprint density at radius 1 is 1.10 bits per heavy atom. The molecule has 7 atom stereocenters. The number of esters is 2. The molecule has 3 fully saturated rings. The van der Waals surface area contributed by atoms with Crippen LogP contribution in [-0.2, 0) is 29.2 Å². The zero-order valence-electron chi connectivity index (χ0n) is 21.8. The van der Waals surface area contributed by atoms with Crippen LogP contribution >= 0.6 is 0 Å². The number of alkyl halides is 3. The maximum atomic E-state index is 13.9. The van der Waals surface area contributed by atoms with E-state index in [0.717, 1.165) is 10.8 Å². The Morgan fingerprint density at radius 3 is 2.35 bits per heavy atom. The lowest BCUT2D eigenvalue weighted by atomic mass is 9.78. The minimum atomic E-state index is -5.34. The molecule has 3 aliphatic rings. The van der Waals surface area contributed by atoms with Crippen molar-refractivity contribution in [3.05, 3.63) is 48.0 Å². The van der Waals surface area contributed by atoms with E-state index in [0.29, 0.717) is 6.92 Å². The Bertz CT molecular complexity index is 1490.